The van der Waals surface area contributed by atoms with Gasteiger partial charge in [0.25, 0.3) is 5.69 Å². The molecule has 1 aromatic rings. The average molecular weight is 232 g/mol. The topological polar surface area (TPSA) is 72.1 Å². The highest BCUT2D eigenvalue weighted by Crippen LogP contribution is 2.18. The van der Waals surface area contributed by atoms with E-state index in [-0.39, 0.29) is 10.0 Å². The molecule has 0 fully saturated rings. The second-order valence-corrected chi connectivity index (χ2v) is 3.66. The van der Waals surface area contributed by atoms with Crippen molar-refractivity contribution in [2.45, 2.75) is 0 Å². The van der Waals surface area contributed by atoms with Crippen LogP contribution in [-0.4, -0.2) is 13.8 Å². The Morgan fingerprint density at radius 3 is 2.86 bits per heavy atom. The summed E-state index contributed by atoms with van der Waals surface area (Å²) >= 11 is 8.47. The molecule has 1 aromatic heterocycles. The van der Waals surface area contributed by atoms with E-state index < -0.39 is 4.92 Å². The molecule has 0 saturated carbocycles. The van der Waals surface area contributed by atoms with Crippen molar-refractivity contribution in [2.24, 2.45) is 7.05 Å². The maximum absolute atomic E-state index is 10.4. The number of rotatable bonds is 3. The molecule has 6 nitrogen and oxygen atoms in total. The molecule has 0 amide bonds. The molecule has 1 rings (SSSR count). The third kappa shape index (κ3) is 2.60. The maximum Gasteiger partial charge on any atom is 0.289 e. The second kappa shape index (κ2) is 4.29. The van der Waals surface area contributed by atoms with Crippen LogP contribution in [0.4, 0.5) is 11.5 Å². The summed E-state index contributed by atoms with van der Waals surface area (Å²) in [6.45, 7) is 0. The Bertz CT molecular complexity index is 376. The van der Waals surface area contributed by atoms with Crippen molar-refractivity contribution >= 4 is 40.7 Å². The number of aryl methyl sites for hydroxylation is 1. The van der Waals surface area contributed by atoms with Crippen LogP contribution in [0, 0.1) is 10.1 Å². The van der Waals surface area contributed by atoms with Gasteiger partial charge in [0, 0.05) is 7.05 Å². The first kappa shape index (κ1) is 10.8. The van der Waals surface area contributed by atoms with Gasteiger partial charge in [0.2, 0.25) is 0 Å². The molecule has 0 aliphatic carbocycles. The summed E-state index contributed by atoms with van der Waals surface area (Å²) < 4.78 is 1.82. The van der Waals surface area contributed by atoms with Gasteiger partial charge in [-0.2, -0.15) is 0 Å². The van der Waals surface area contributed by atoms with Gasteiger partial charge >= 0.3 is 0 Å². The molecule has 0 saturated heterocycles. The number of aromatic nitrogens is 1. The van der Waals surface area contributed by atoms with Gasteiger partial charge < -0.3 is 4.57 Å². The van der Waals surface area contributed by atoms with Crippen LogP contribution in [0.3, 0.4) is 0 Å². The molecule has 8 heteroatoms. The van der Waals surface area contributed by atoms with Crippen molar-refractivity contribution in [2.75, 3.05) is 5.43 Å². The summed E-state index contributed by atoms with van der Waals surface area (Å²) in [6.07, 6.45) is 1.39. The van der Waals surface area contributed by atoms with Gasteiger partial charge in [0.15, 0.2) is 0 Å². The van der Waals surface area contributed by atoms with Crippen LogP contribution in [0.2, 0.25) is 0 Å². The minimum atomic E-state index is -0.468. The summed E-state index contributed by atoms with van der Waals surface area (Å²) in [5.41, 5.74) is 5.25. The Hall–Kier alpha value is -1.28. The van der Waals surface area contributed by atoms with Crippen molar-refractivity contribution in [1.82, 2.24) is 9.99 Å². The number of nitro groups is 1. The van der Waals surface area contributed by atoms with Gasteiger partial charge in [-0.25, -0.2) is 0 Å². The van der Waals surface area contributed by atoms with Gasteiger partial charge in [0.1, 0.15) is 10.1 Å². The molecule has 0 radical (unpaired) electrons. The lowest BCUT2D eigenvalue weighted by Crippen LogP contribution is -2.24. The summed E-state index contributed by atoms with van der Waals surface area (Å²) in [6, 6.07) is 1.39. The molecule has 2 N–H and O–H groups in total. The Kier molecular flexibility index (Phi) is 3.31. The zero-order valence-corrected chi connectivity index (χ0v) is 8.93. The monoisotopic (exact) mass is 232 g/mol. The van der Waals surface area contributed by atoms with Gasteiger partial charge in [-0.1, -0.05) is 12.2 Å². The van der Waals surface area contributed by atoms with Gasteiger partial charge in [-0.05, 0) is 0 Å². The normalized spacial score (nSPS) is 9.57. The first-order valence-corrected chi connectivity index (χ1v) is 4.42. The van der Waals surface area contributed by atoms with Crippen molar-refractivity contribution in [3.05, 3.63) is 22.4 Å². The standard InChI is InChI=1S/C6H8N4O2S2/c1-9-3-4(10(11)12)2-5(9)7-8-6(13)14/h2-3,7H,1H3,(H2,8,13,14). The fourth-order valence-corrected chi connectivity index (χ4v) is 0.996. The molecule has 0 unspecified atom stereocenters. The van der Waals surface area contributed by atoms with Gasteiger partial charge in [-0.3, -0.25) is 21.0 Å². The number of thiocarbonyl (C=S) groups is 1. The molecular weight excluding hydrogens is 224 g/mol. The first-order valence-electron chi connectivity index (χ1n) is 3.56. The predicted octanol–water partition coefficient (Wildman–Crippen LogP) is 1.06. The predicted molar refractivity (Wildman–Crippen MR) is 60.4 cm³/mol. The smallest absolute Gasteiger partial charge is 0.289 e. The van der Waals surface area contributed by atoms with E-state index >= 15 is 0 Å². The first-order chi connectivity index (χ1) is 6.50. The number of thiol groups is 1. The van der Waals surface area contributed by atoms with E-state index in [0.29, 0.717) is 5.82 Å². The van der Waals surface area contributed by atoms with Crippen LogP contribution in [0.1, 0.15) is 0 Å². The molecule has 0 atom stereocenters. The van der Waals surface area contributed by atoms with E-state index in [1.807, 2.05) is 0 Å². The molecule has 0 aromatic carbocycles. The van der Waals surface area contributed by atoms with Crippen LogP contribution in [0.15, 0.2) is 12.3 Å². The molecule has 76 valence electrons. The highest BCUT2D eigenvalue weighted by Gasteiger charge is 2.11. The fraction of sp³-hybridized carbons (Fsp3) is 0.167. The summed E-state index contributed by atoms with van der Waals surface area (Å²) in [7, 11) is 1.68. The van der Waals surface area contributed by atoms with Crippen LogP contribution in [0.25, 0.3) is 0 Å². The SMILES string of the molecule is Cn1cc([N+](=O)[O-])cc1NNC(=S)S. The summed E-state index contributed by atoms with van der Waals surface area (Å²) in [4.78, 5) is 9.94. The number of hydrogen-bond donors (Lipinski definition) is 3. The lowest BCUT2D eigenvalue weighted by atomic mass is 10.5. The van der Waals surface area contributed by atoms with Crippen LogP contribution >= 0.6 is 24.8 Å². The molecule has 0 bridgehead atoms. The van der Waals surface area contributed by atoms with E-state index in [4.69, 9.17) is 0 Å². The summed E-state index contributed by atoms with van der Waals surface area (Å²) in [5.74, 6) is 0.535. The van der Waals surface area contributed by atoms with Crippen molar-refractivity contribution in [1.29, 1.82) is 0 Å². The third-order valence-electron chi connectivity index (χ3n) is 1.50. The minimum absolute atomic E-state index is 0.0156. The number of nitrogens with one attached hydrogen (secondary N) is 2. The van der Waals surface area contributed by atoms with Gasteiger partial charge in [-0.15, -0.1) is 12.6 Å². The maximum atomic E-state index is 10.4. The van der Waals surface area contributed by atoms with Crippen LogP contribution in [0.5, 0.6) is 0 Å². The lowest BCUT2D eigenvalue weighted by molar-refractivity contribution is -0.384. The average Bonchev–Trinajstić information content (AvgIpc) is 2.43. The molecule has 14 heavy (non-hydrogen) atoms. The Morgan fingerprint density at radius 2 is 2.43 bits per heavy atom. The number of hydrazine groups is 1. The Balaban J connectivity index is 2.77. The van der Waals surface area contributed by atoms with Crippen molar-refractivity contribution < 1.29 is 4.92 Å². The highest BCUT2D eigenvalue weighted by atomic mass is 32.1. The van der Waals surface area contributed by atoms with Crippen molar-refractivity contribution in [3.8, 4) is 0 Å². The molecule has 0 aliphatic heterocycles. The fourth-order valence-electron chi connectivity index (χ4n) is 0.889. The minimum Gasteiger partial charge on any atom is -0.330 e. The van der Waals surface area contributed by atoms with E-state index in [1.165, 1.54) is 12.3 Å². The lowest BCUT2D eigenvalue weighted by Gasteiger charge is -2.06. The quantitative estimate of drug-likeness (QED) is 0.314. The van der Waals surface area contributed by atoms with Crippen LogP contribution in [-0.2, 0) is 7.05 Å². The van der Waals surface area contributed by atoms with E-state index in [2.05, 4.69) is 35.7 Å². The zero-order chi connectivity index (χ0) is 10.7. The number of nitrogens with zero attached hydrogens (tertiary/aromatic N) is 2. The molecule has 0 aliphatic rings. The van der Waals surface area contributed by atoms with Crippen LogP contribution < -0.4 is 10.9 Å². The van der Waals surface area contributed by atoms with Gasteiger partial charge in [0.05, 0.1) is 17.2 Å². The largest absolute Gasteiger partial charge is 0.330 e. The van der Waals surface area contributed by atoms with E-state index in [0.717, 1.165) is 0 Å². The van der Waals surface area contributed by atoms with E-state index in [9.17, 15) is 10.1 Å². The summed E-state index contributed by atoms with van der Waals surface area (Å²) in [5, 5.41) is 10.4. The Morgan fingerprint density at radius 1 is 1.79 bits per heavy atom. The molecule has 0 spiro atoms. The van der Waals surface area contributed by atoms with Crippen molar-refractivity contribution in [3.63, 3.8) is 0 Å². The second-order valence-electron chi connectivity index (χ2n) is 2.51. The molecule has 1 heterocycles. The molecular formula is C6H8N4O2S2. The third-order valence-corrected chi connectivity index (χ3v) is 1.71. The Labute approximate surface area is 90.8 Å². The number of hydrogen-bond acceptors (Lipinski definition) is 4. The number of anilines is 1. The zero-order valence-electron chi connectivity index (χ0n) is 7.22. The van der Waals surface area contributed by atoms with E-state index in [1.54, 1.807) is 11.6 Å². The highest BCUT2D eigenvalue weighted by molar-refractivity contribution is 8.11.